The maximum Gasteiger partial charge on any atom is 0.407 e. The van der Waals surface area contributed by atoms with Gasteiger partial charge in [-0.15, -0.1) is 0 Å². The summed E-state index contributed by atoms with van der Waals surface area (Å²) in [6, 6.07) is 17.5. The maximum absolute atomic E-state index is 12.6. The molecule has 1 saturated heterocycles. The first-order chi connectivity index (χ1) is 26.7. The van der Waals surface area contributed by atoms with Crippen LogP contribution in [0, 0.1) is 0 Å². The average molecular weight is 763 g/mol. The number of likely N-dealkylation sites (tertiary alicyclic amines) is 1. The minimum Gasteiger partial charge on any atom is -0.457 e. The number of carbonyl (C=O) groups excluding carboxylic acids is 2. The summed E-state index contributed by atoms with van der Waals surface area (Å²) < 4.78 is 35.1. The van der Waals surface area contributed by atoms with E-state index in [9.17, 15) is 9.59 Å². The van der Waals surface area contributed by atoms with Gasteiger partial charge < -0.3 is 44.8 Å². The molecule has 16 heteroatoms. The molecule has 0 aliphatic carbocycles. The number of nitrogens with two attached hydrogens (primary N) is 1. The van der Waals surface area contributed by atoms with Gasteiger partial charge in [0.2, 0.25) is 5.91 Å². The van der Waals surface area contributed by atoms with Crippen molar-refractivity contribution in [1.82, 2.24) is 35.3 Å². The highest BCUT2D eigenvalue weighted by Crippen LogP contribution is 2.35. The van der Waals surface area contributed by atoms with E-state index in [2.05, 4.69) is 25.5 Å². The fourth-order valence-electron chi connectivity index (χ4n) is 5.90. The van der Waals surface area contributed by atoms with Gasteiger partial charge >= 0.3 is 6.09 Å². The molecule has 1 fully saturated rings. The second-order valence-corrected chi connectivity index (χ2v) is 13.9. The highest BCUT2D eigenvalue weighted by molar-refractivity contribution is 5.98. The lowest BCUT2D eigenvalue weighted by molar-refractivity contribution is -0.122. The van der Waals surface area contributed by atoms with E-state index in [-0.39, 0.29) is 11.9 Å². The van der Waals surface area contributed by atoms with Gasteiger partial charge in [-0.05, 0) is 70.0 Å². The number of ether oxygens (including phenoxy) is 6. The molecule has 0 radical (unpaired) electrons. The smallest absolute Gasteiger partial charge is 0.407 e. The Morgan fingerprint density at radius 3 is 1.98 bits per heavy atom. The van der Waals surface area contributed by atoms with Crippen molar-refractivity contribution in [3.8, 4) is 22.8 Å². The van der Waals surface area contributed by atoms with Gasteiger partial charge in [-0.25, -0.2) is 19.4 Å². The molecular formula is C39H54N8O8. The molecular weight excluding hydrogens is 708 g/mol. The third-order valence-electron chi connectivity index (χ3n) is 8.49. The first-order valence-corrected chi connectivity index (χ1v) is 18.7. The molecule has 0 unspecified atom stereocenters. The molecule has 1 aliphatic rings. The van der Waals surface area contributed by atoms with Crippen LogP contribution in [0.15, 0.2) is 60.9 Å². The number of amides is 2. The van der Waals surface area contributed by atoms with Crippen molar-refractivity contribution < 1.29 is 38.0 Å². The highest BCUT2D eigenvalue weighted by Gasteiger charge is 2.27. The number of nitrogens with zero attached hydrogens (tertiary/aromatic N) is 5. The van der Waals surface area contributed by atoms with Gasteiger partial charge in [0, 0.05) is 31.7 Å². The lowest BCUT2D eigenvalue weighted by Crippen LogP contribution is -2.42. The van der Waals surface area contributed by atoms with E-state index in [1.165, 1.54) is 6.33 Å². The molecule has 298 valence electrons. The molecule has 0 saturated carbocycles. The fraction of sp³-hybridized carbons (Fsp3) is 0.513. The third kappa shape index (κ3) is 13.7. The summed E-state index contributed by atoms with van der Waals surface area (Å²) in [6.45, 7) is 11.4. The van der Waals surface area contributed by atoms with Crippen LogP contribution in [0.4, 0.5) is 10.6 Å². The summed E-state index contributed by atoms with van der Waals surface area (Å²) in [4.78, 5) is 35.2. The number of hydrogen-bond donors (Lipinski definition) is 3. The second-order valence-electron chi connectivity index (χ2n) is 13.9. The predicted octanol–water partition coefficient (Wildman–Crippen LogP) is 4.21. The minimum atomic E-state index is -0.526. The van der Waals surface area contributed by atoms with Gasteiger partial charge in [0.15, 0.2) is 5.65 Å². The number of nitrogen functional groups attached to an aromatic ring is 1. The van der Waals surface area contributed by atoms with Crippen LogP contribution in [0.25, 0.3) is 22.3 Å². The Kier molecular flexibility index (Phi) is 16.0. The normalized spacial score (nSPS) is 13.9. The van der Waals surface area contributed by atoms with E-state index in [0.29, 0.717) is 84.0 Å². The Morgan fingerprint density at radius 2 is 1.36 bits per heavy atom. The molecule has 0 atom stereocenters. The van der Waals surface area contributed by atoms with Crippen LogP contribution in [0.3, 0.4) is 0 Å². The predicted molar refractivity (Wildman–Crippen MR) is 207 cm³/mol. The lowest BCUT2D eigenvalue weighted by atomic mass is 10.1. The standard InChI is InChI=1S/C39H54N8O8/c1-39(2,3)55-38(49)42-16-20-51-22-24-53-26-25-52-23-21-50-19-15-41-33(48)27-46-17-13-30(14-18-46)47-37-34(36(40)43-28-44-37)35(45-47)29-9-11-32(12-10-29)54-31-7-5-4-6-8-31/h4-12,28,30H,13-27H2,1-3H3,(H,41,48)(H,42,49)(H2,40,43,44). The monoisotopic (exact) mass is 762 g/mol. The van der Waals surface area contributed by atoms with Gasteiger partial charge in [0.05, 0.1) is 70.8 Å². The maximum atomic E-state index is 12.6. The van der Waals surface area contributed by atoms with Crippen molar-refractivity contribution >= 4 is 28.9 Å². The minimum absolute atomic E-state index is 0.0363. The molecule has 2 amide bonds. The number of piperidine rings is 1. The number of hydrogen-bond acceptors (Lipinski definition) is 13. The Hall–Kier alpha value is -4.87. The van der Waals surface area contributed by atoms with E-state index in [0.717, 1.165) is 54.1 Å². The van der Waals surface area contributed by atoms with Crippen LogP contribution >= 0.6 is 0 Å². The van der Waals surface area contributed by atoms with Crippen LogP contribution in [0.5, 0.6) is 11.5 Å². The highest BCUT2D eigenvalue weighted by atomic mass is 16.6. The number of benzene rings is 2. The summed E-state index contributed by atoms with van der Waals surface area (Å²) in [5.74, 6) is 1.83. The molecule has 3 heterocycles. The van der Waals surface area contributed by atoms with E-state index >= 15 is 0 Å². The number of nitrogens with one attached hydrogen (secondary N) is 2. The quantitative estimate of drug-likeness (QED) is 0.103. The number of fused-ring (bicyclic) bond motifs is 1. The molecule has 0 spiro atoms. The van der Waals surface area contributed by atoms with Crippen molar-refractivity contribution in [3.05, 3.63) is 60.9 Å². The second kappa shape index (κ2) is 21.3. The van der Waals surface area contributed by atoms with E-state index in [1.807, 2.05) is 80.1 Å². The molecule has 4 aromatic rings. The number of para-hydroxylation sites is 1. The third-order valence-corrected chi connectivity index (χ3v) is 8.49. The SMILES string of the molecule is CC(C)(C)OC(=O)NCCOCCOCCOCCOCCNC(=O)CN1CCC(n2nc(-c3ccc(Oc4ccccc4)cc3)c3c(N)ncnc32)CC1. The molecule has 55 heavy (non-hydrogen) atoms. The molecule has 1 aliphatic heterocycles. The van der Waals surface area contributed by atoms with Crippen molar-refractivity contribution in [2.24, 2.45) is 0 Å². The number of alkyl carbamates (subject to hydrolysis) is 1. The first kappa shape index (κ1) is 41.3. The zero-order chi connectivity index (χ0) is 38.9. The van der Waals surface area contributed by atoms with E-state index in [4.69, 9.17) is 39.3 Å². The lowest BCUT2D eigenvalue weighted by Gasteiger charge is -2.31. The van der Waals surface area contributed by atoms with Gasteiger partial charge in [0.1, 0.15) is 34.9 Å². The number of carbonyl (C=O) groups is 2. The largest absolute Gasteiger partial charge is 0.457 e. The van der Waals surface area contributed by atoms with Crippen molar-refractivity contribution in [1.29, 1.82) is 0 Å². The molecule has 5 rings (SSSR count). The summed E-state index contributed by atoms with van der Waals surface area (Å²) in [7, 11) is 0. The van der Waals surface area contributed by atoms with Crippen molar-refractivity contribution in [3.63, 3.8) is 0 Å². The van der Waals surface area contributed by atoms with Gasteiger partial charge in [-0.3, -0.25) is 9.69 Å². The van der Waals surface area contributed by atoms with E-state index in [1.54, 1.807) is 0 Å². The first-order valence-electron chi connectivity index (χ1n) is 18.7. The fourth-order valence-corrected chi connectivity index (χ4v) is 5.90. The summed E-state index contributed by atoms with van der Waals surface area (Å²) in [5.41, 5.74) is 8.16. The van der Waals surface area contributed by atoms with Crippen LogP contribution in [-0.2, 0) is 28.5 Å². The molecule has 2 aromatic heterocycles. The molecule has 16 nitrogen and oxygen atoms in total. The van der Waals surface area contributed by atoms with Crippen LogP contribution in [0.2, 0.25) is 0 Å². The summed E-state index contributed by atoms with van der Waals surface area (Å²) in [5, 5.41) is 11.3. The average Bonchev–Trinajstić information content (AvgIpc) is 3.56. The zero-order valence-corrected chi connectivity index (χ0v) is 32.0. The van der Waals surface area contributed by atoms with Crippen molar-refractivity contribution in [2.75, 3.05) is 91.3 Å². The molecule has 4 N–H and O–H groups in total. The Balaban J connectivity index is 0.916. The Labute approximate surface area is 322 Å². The Bertz CT molecular complexity index is 1760. The van der Waals surface area contributed by atoms with Gasteiger partial charge in [-0.2, -0.15) is 5.10 Å². The van der Waals surface area contributed by atoms with E-state index < -0.39 is 11.7 Å². The summed E-state index contributed by atoms with van der Waals surface area (Å²) in [6.07, 6.45) is 2.64. The Morgan fingerprint density at radius 1 is 0.782 bits per heavy atom. The molecule has 2 aromatic carbocycles. The topological polar surface area (TPSA) is 186 Å². The van der Waals surface area contributed by atoms with Crippen LogP contribution < -0.4 is 21.1 Å². The van der Waals surface area contributed by atoms with Crippen LogP contribution in [-0.4, -0.2) is 128 Å². The van der Waals surface area contributed by atoms with Gasteiger partial charge in [-0.1, -0.05) is 18.2 Å². The van der Waals surface area contributed by atoms with Crippen molar-refractivity contribution in [2.45, 2.75) is 45.3 Å². The number of anilines is 1. The molecule has 0 bridgehead atoms. The summed E-state index contributed by atoms with van der Waals surface area (Å²) >= 11 is 0. The number of aromatic nitrogens is 4. The zero-order valence-electron chi connectivity index (χ0n) is 32.0. The van der Waals surface area contributed by atoms with Crippen LogP contribution in [0.1, 0.15) is 39.7 Å². The number of rotatable bonds is 21. The van der Waals surface area contributed by atoms with Gasteiger partial charge in [0.25, 0.3) is 0 Å².